The number of hydrogen-bond donors (Lipinski definition) is 2. The van der Waals surface area contributed by atoms with Crippen LogP contribution in [0.3, 0.4) is 0 Å². The Balaban J connectivity index is 1.29. The van der Waals surface area contributed by atoms with Crippen LogP contribution in [0.2, 0.25) is 0 Å². The normalized spacial score (nSPS) is 28.0. The lowest BCUT2D eigenvalue weighted by Crippen LogP contribution is -2.56. The van der Waals surface area contributed by atoms with E-state index in [4.69, 9.17) is 0 Å². The van der Waals surface area contributed by atoms with E-state index in [1.165, 1.54) is 19.3 Å². The van der Waals surface area contributed by atoms with E-state index in [1.54, 1.807) is 11.3 Å². The number of hydrogen-bond acceptors (Lipinski definition) is 4. The van der Waals surface area contributed by atoms with Gasteiger partial charge in [-0.05, 0) is 32.7 Å². The van der Waals surface area contributed by atoms with Gasteiger partial charge in [-0.1, -0.05) is 6.42 Å². The van der Waals surface area contributed by atoms with Gasteiger partial charge in [0.15, 0.2) is 4.96 Å². The Morgan fingerprint density at radius 1 is 1.39 bits per heavy atom. The van der Waals surface area contributed by atoms with Crippen LogP contribution in [0.4, 0.5) is 4.79 Å². The van der Waals surface area contributed by atoms with E-state index in [1.807, 2.05) is 22.2 Å². The van der Waals surface area contributed by atoms with Gasteiger partial charge in [-0.15, -0.1) is 11.3 Å². The number of piperidine rings is 2. The predicted octanol–water partition coefficient (Wildman–Crippen LogP) is 2.21. The lowest BCUT2D eigenvalue weighted by Gasteiger charge is -2.47. The van der Waals surface area contributed by atoms with E-state index >= 15 is 0 Å². The minimum Gasteiger partial charge on any atom is -0.335 e. The van der Waals surface area contributed by atoms with Crippen molar-refractivity contribution in [2.75, 3.05) is 7.05 Å². The summed E-state index contributed by atoms with van der Waals surface area (Å²) in [5.41, 5.74) is 0.896. The fourth-order valence-electron chi connectivity index (χ4n) is 4.00. The largest absolute Gasteiger partial charge is 0.335 e. The maximum Gasteiger partial charge on any atom is 0.315 e. The Labute approximate surface area is 139 Å². The molecule has 2 aliphatic heterocycles. The molecule has 2 N–H and O–H groups in total. The first-order valence-corrected chi connectivity index (χ1v) is 9.24. The van der Waals surface area contributed by atoms with Crippen LogP contribution in [0.15, 0.2) is 17.8 Å². The number of nitrogens with zero attached hydrogens (tertiary/aromatic N) is 3. The van der Waals surface area contributed by atoms with Crippen molar-refractivity contribution in [1.82, 2.24) is 24.9 Å². The molecule has 4 heterocycles. The molecule has 2 saturated heterocycles. The van der Waals surface area contributed by atoms with E-state index < -0.39 is 0 Å². The first-order valence-electron chi connectivity index (χ1n) is 8.36. The Bertz CT molecular complexity index is 653. The fourth-order valence-corrected chi connectivity index (χ4v) is 4.72. The molecule has 0 saturated carbocycles. The van der Waals surface area contributed by atoms with Crippen molar-refractivity contribution in [3.05, 3.63) is 23.5 Å². The summed E-state index contributed by atoms with van der Waals surface area (Å²) in [6.07, 6.45) is 9.94. The molecule has 124 valence electrons. The maximum absolute atomic E-state index is 12.2. The highest BCUT2D eigenvalue weighted by atomic mass is 32.1. The smallest absolute Gasteiger partial charge is 0.315 e. The summed E-state index contributed by atoms with van der Waals surface area (Å²) in [5, 5.41) is 8.10. The Kier molecular flexibility index (Phi) is 3.98. The molecule has 23 heavy (non-hydrogen) atoms. The van der Waals surface area contributed by atoms with Crippen LogP contribution in [-0.2, 0) is 6.54 Å². The highest BCUT2D eigenvalue weighted by Crippen LogP contribution is 2.32. The molecule has 2 bridgehead atoms. The minimum absolute atomic E-state index is 0.0750. The van der Waals surface area contributed by atoms with Gasteiger partial charge in [0, 0.05) is 35.9 Å². The van der Waals surface area contributed by atoms with Crippen molar-refractivity contribution in [3.63, 3.8) is 0 Å². The Morgan fingerprint density at radius 3 is 2.91 bits per heavy atom. The molecular formula is C16H23N5OS. The van der Waals surface area contributed by atoms with Crippen molar-refractivity contribution in [2.45, 2.75) is 56.8 Å². The van der Waals surface area contributed by atoms with E-state index in [-0.39, 0.29) is 6.03 Å². The van der Waals surface area contributed by atoms with Crippen LogP contribution in [0.5, 0.6) is 0 Å². The van der Waals surface area contributed by atoms with Gasteiger partial charge in [0.05, 0.1) is 12.2 Å². The number of fused-ring (bicyclic) bond motifs is 3. The fraction of sp³-hybridized carbons (Fsp3) is 0.625. The summed E-state index contributed by atoms with van der Waals surface area (Å²) < 4.78 is 1.98. The number of imidazole rings is 1. The van der Waals surface area contributed by atoms with Crippen molar-refractivity contribution < 1.29 is 4.79 Å². The molecule has 2 aliphatic rings. The highest BCUT2D eigenvalue weighted by Gasteiger charge is 2.36. The summed E-state index contributed by atoms with van der Waals surface area (Å²) in [7, 11) is 2.23. The van der Waals surface area contributed by atoms with Gasteiger partial charge in [0.2, 0.25) is 0 Å². The van der Waals surface area contributed by atoms with Gasteiger partial charge in [-0.3, -0.25) is 4.40 Å². The van der Waals surface area contributed by atoms with Gasteiger partial charge in [-0.2, -0.15) is 0 Å². The van der Waals surface area contributed by atoms with Gasteiger partial charge in [-0.25, -0.2) is 9.78 Å². The third-order valence-corrected chi connectivity index (χ3v) is 6.02. The van der Waals surface area contributed by atoms with Gasteiger partial charge in [0.1, 0.15) is 0 Å². The number of thiazole rings is 1. The molecular weight excluding hydrogens is 310 g/mol. The second-order valence-electron chi connectivity index (χ2n) is 6.72. The van der Waals surface area contributed by atoms with Gasteiger partial charge >= 0.3 is 6.03 Å². The zero-order valence-electron chi connectivity index (χ0n) is 13.4. The van der Waals surface area contributed by atoms with Gasteiger partial charge < -0.3 is 15.5 Å². The SMILES string of the molecule is CN1[C@H]2CCC[C@H]1CC(NC(=O)NCc1cn3ccsc3n1)C2. The van der Waals surface area contributed by atoms with E-state index in [0.717, 1.165) is 23.5 Å². The van der Waals surface area contributed by atoms with Gasteiger partial charge in [0.25, 0.3) is 0 Å². The second-order valence-corrected chi connectivity index (χ2v) is 7.60. The quantitative estimate of drug-likeness (QED) is 0.905. The van der Waals surface area contributed by atoms with Crippen LogP contribution >= 0.6 is 11.3 Å². The van der Waals surface area contributed by atoms with Crippen LogP contribution < -0.4 is 10.6 Å². The number of aromatic nitrogens is 2. The molecule has 0 spiro atoms. The number of carbonyl (C=O) groups is 1. The molecule has 2 fully saturated rings. The topological polar surface area (TPSA) is 61.7 Å². The van der Waals surface area contributed by atoms with Crippen LogP contribution in [0.25, 0.3) is 4.96 Å². The minimum atomic E-state index is -0.0750. The summed E-state index contributed by atoms with van der Waals surface area (Å²) in [6.45, 7) is 0.472. The van der Waals surface area contributed by atoms with Crippen molar-refractivity contribution >= 4 is 22.3 Å². The Hall–Kier alpha value is -1.60. The van der Waals surface area contributed by atoms with Crippen molar-refractivity contribution in [1.29, 1.82) is 0 Å². The van der Waals surface area contributed by atoms with Crippen molar-refractivity contribution in [2.24, 2.45) is 0 Å². The first-order chi connectivity index (χ1) is 11.2. The third-order valence-electron chi connectivity index (χ3n) is 5.25. The summed E-state index contributed by atoms with van der Waals surface area (Å²) in [4.78, 5) is 20.1. The molecule has 2 amide bonds. The number of rotatable bonds is 3. The highest BCUT2D eigenvalue weighted by molar-refractivity contribution is 7.15. The lowest BCUT2D eigenvalue weighted by atomic mass is 9.82. The summed E-state index contributed by atoms with van der Waals surface area (Å²) in [6, 6.07) is 1.49. The molecule has 2 atom stereocenters. The molecule has 2 aromatic heterocycles. The molecule has 0 aromatic carbocycles. The third kappa shape index (κ3) is 3.07. The zero-order chi connectivity index (χ0) is 15.8. The lowest BCUT2D eigenvalue weighted by molar-refractivity contribution is 0.0509. The summed E-state index contributed by atoms with van der Waals surface area (Å²) >= 11 is 1.60. The predicted molar refractivity (Wildman–Crippen MR) is 90.7 cm³/mol. The first kappa shape index (κ1) is 15.0. The molecule has 4 rings (SSSR count). The van der Waals surface area contributed by atoms with Crippen LogP contribution in [0.1, 0.15) is 37.8 Å². The molecule has 0 unspecified atom stereocenters. The Morgan fingerprint density at radius 2 is 2.17 bits per heavy atom. The molecule has 2 aromatic rings. The number of carbonyl (C=O) groups excluding carboxylic acids is 1. The summed E-state index contributed by atoms with van der Waals surface area (Å²) in [5.74, 6) is 0. The van der Waals surface area contributed by atoms with Crippen molar-refractivity contribution in [3.8, 4) is 0 Å². The molecule has 6 nitrogen and oxygen atoms in total. The number of amides is 2. The van der Waals surface area contributed by atoms with Crippen LogP contribution in [0, 0.1) is 0 Å². The molecule has 0 aliphatic carbocycles. The zero-order valence-corrected chi connectivity index (χ0v) is 14.2. The molecule has 0 radical (unpaired) electrons. The molecule has 7 heteroatoms. The van der Waals surface area contributed by atoms with E-state index in [0.29, 0.717) is 24.7 Å². The van der Waals surface area contributed by atoms with E-state index in [2.05, 4.69) is 27.6 Å². The average molecular weight is 333 g/mol. The number of urea groups is 1. The standard InChI is InChI=1S/C16H23N5OS/c1-20-13-3-2-4-14(20)8-11(7-13)18-15(22)17-9-12-10-21-5-6-23-16(21)19-12/h5-6,10-11,13-14H,2-4,7-9H2,1H3,(H2,17,18,22)/t13-,14-/m0/s1. The monoisotopic (exact) mass is 333 g/mol. The van der Waals surface area contributed by atoms with Crippen LogP contribution in [-0.4, -0.2) is 45.5 Å². The number of nitrogens with one attached hydrogen (secondary N) is 2. The maximum atomic E-state index is 12.2. The van der Waals surface area contributed by atoms with E-state index in [9.17, 15) is 4.79 Å². The average Bonchev–Trinajstić information content (AvgIpc) is 3.07. The second kappa shape index (κ2) is 6.13.